The molecule has 1 aromatic carbocycles. The van der Waals surface area contributed by atoms with Gasteiger partial charge in [0.25, 0.3) is 0 Å². The highest BCUT2D eigenvalue weighted by Gasteiger charge is 2.05. The molecule has 0 fully saturated rings. The molecule has 0 saturated carbocycles. The molecule has 0 aliphatic carbocycles. The van der Waals surface area contributed by atoms with Crippen molar-refractivity contribution in [2.45, 2.75) is 26.8 Å². The number of nitrogens with zero attached hydrogens (tertiary/aromatic N) is 1. The van der Waals surface area contributed by atoms with Crippen molar-refractivity contribution in [3.05, 3.63) is 59.4 Å². The van der Waals surface area contributed by atoms with Gasteiger partial charge in [-0.25, -0.2) is 0 Å². The Balaban J connectivity index is 1.73. The first-order valence-electron chi connectivity index (χ1n) is 7.01. The molecule has 21 heavy (non-hydrogen) atoms. The zero-order valence-corrected chi connectivity index (χ0v) is 12.4. The van der Waals surface area contributed by atoms with Crippen LogP contribution in [0.15, 0.2) is 42.7 Å². The second-order valence-electron chi connectivity index (χ2n) is 4.93. The molecule has 0 spiro atoms. The molecule has 1 amide bonds. The van der Waals surface area contributed by atoms with Crippen molar-refractivity contribution in [3.63, 3.8) is 0 Å². The van der Waals surface area contributed by atoms with Gasteiger partial charge in [-0.3, -0.25) is 9.78 Å². The molecule has 2 rings (SSSR count). The van der Waals surface area contributed by atoms with Crippen LogP contribution in [0.5, 0.6) is 5.75 Å². The summed E-state index contributed by atoms with van der Waals surface area (Å²) in [4.78, 5) is 15.8. The number of benzene rings is 1. The third-order valence-electron chi connectivity index (χ3n) is 3.35. The van der Waals surface area contributed by atoms with E-state index >= 15 is 0 Å². The zero-order chi connectivity index (χ0) is 15.1. The molecule has 0 saturated heterocycles. The van der Waals surface area contributed by atoms with Crippen molar-refractivity contribution in [1.82, 2.24) is 10.3 Å². The van der Waals surface area contributed by atoms with Gasteiger partial charge in [-0.1, -0.05) is 18.2 Å². The van der Waals surface area contributed by atoms with Gasteiger partial charge in [-0.2, -0.15) is 0 Å². The highest BCUT2D eigenvalue weighted by Crippen LogP contribution is 2.20. The van der Waals surface area contributed by atoms with E-state index in [1.54, 1.807) is 12.4 Å². The first-order chi connectivity index (χ1) is 10.2. The largest absolute Gasteiger partial charge is 0.493 e. The van der Waals surface area contributed by atoms with E-state index < -0.39 is 0 Å². The zero-order valence-electron chi connectivity index (χ0n) is 12.4. The summed E-state index contributed by atoms with van der Waals surface area (Å²) >= 11 is 0. The summed E-state index contributed by atoms with van der Waals surface area (Å²) < 4.78 is 5.67. The second kappa shape index (κ2) is 7.43. The van der Waals surface area contributed by atoms with Gasteiger partial charge in [-0.15, -0.1) is 0 Å². The van der Waals surface area contributed by atoms with Crippen LogP contribution in [0.4, 0.5) is 0 Å². The number of pyridine rings is 1. The summed E-state index contributed by atoms with van der Waals surface area (Å²) in [6, 6.07) is 9.71. The number of ether oxygens (including phenoxy) is 1. The number of hydrogen-bond donors (Lipinski definition) is 1. The highest BCUT2D eigenvalue weighted by atomic mass is 16.5. The Morgan fingerprint density at radius 1 is 1.24 bits per heavy atom. The van der Waals surface area contributed by atoms with Gasteiger partial charge in [0, 0.05) is 18.9 Å². The van der Waals surface area contributed by atoms with Crippen LogP contribution in [0.3, 0.4) is 0 Å². The predicted molar refractivity (Wildman–Crippen MR) is 82.1 cm³/mol. The third-order valence-corrected chi connectivity index (χ3v) is 3.35. The van der Waals surface area contributed by atoms with Gasteiger partial charge in [0.05, 0.1) is 13.0 Å². The monoisotopic (exact) mass is 284 g/mol. The number of amides is 1. The van der Waals surface area contributed by atoms with Crippen LogP contribution in [0.1, 0.15) is 23.1 Å². The van der Waals surface area contributed by atoms with Crippen LogP contribution in [0.2, 0.25) is 0 Å². The fourth-order valence-electron chi connectivity index (χ4n) is 1.93. The first kappa shape index (κ1) is 15.0. The minimum absolute atomic E-state index is 0.0239. The Bertz CT molecular complexity index is 597. The number of carbonyl (C=O) groups excluding carboxylic acids is 1. The maximum Gasteiger partial charge on any atom is 0.223 e. The number of rotatable bonds is 6. The molecule has 0 radical (unpaired) electrons. The molecular weight excluding hydrogens is 264 g/mol. The van der Waals surface area contributed by atoms with Crippen LogP contribution in [-0.4, -0.2) is 17.5 Å². The summed E-state index contributed by atoms with van der Waals surface area (Å²) in [5.41, 5.74) is 3.29. The van der Waals surface area contributed by atoms with E-state index in [1.165, 1.54) is 5.56 Å². The average molecular weight is 284 g/mol. The Labute approximate surface area is 125 Å². The van der Waals surface area contributed by atoms with E-state index in [2.05, 4.69) is 10.3 Å². The Morgan fingerprint density at radius 3 is 2.86 bits per heavy atom. The lowest BCUT2D eigenvalue weighted by Gasteiger charge is -2.11. The maximum absolute atomic E-state index is 11.7. The molecular formula is C17H20N2O2. The quantitative estimate of drug-likeness (QED) is 0.887. The SMILES string of the molecule is Cc1cccc(OCCC(=O)NCc2cccnc2)c1C. The van der Waals surface area contributed by atoms with Crippen molar-refractivity contribution in [2.75, 3.05) is 6.61 Å². The first-order valence-corrected chi connectivity index (χ1v) is 7.01. The summed E-state index contributed by atoms with van der Waals surface area (Å²) in [6.07, 6.45) is 3.80. The lowest BCUT2D eigenvalue weighted by atomic mass is 10.1. The molecule has 0 unspecified atom stereocenters. The van der Waals surface area contributed by atoms with Gasteiger partial charge < -0.3 is 10.1 Å². The number of aromatic nitrogens is 1. The number of hydrogen-bond acceptors (Lipinski definition) is 3. The fraction of sp³-hybridized carbons (Fsp3) is 0.294. The number of nitrogens with one attached hydrogen (secondary N) is 1. The molecule has 1 aromatic heterocycles. The Kier molecular flexibility index (Phi) is 5.32. The topological polar surface area (TPSA) is 51.2 Å². The summed E-state index contributed by atoms with van der Waals surface area (Å²) in [7, 11) is 0. The number of aryl methyl sites for hydroxylation is 1. The molecule has 1 heterocycles. The van der Waals surface area contributed by atoms with Crippen molar-refractivity contribution in [3.8, 4) is 5.75 Å². The minimum atomic E-state index is -0.0239. The van der Waals surface area contributed by atoms with Crippen molar-refractivity contribution in [1.29, 1.82) is 0 Å². The van der Waals surface area contributed by atoms with E-state index in [9.17, 15) is 4.79 Å². The van der Waals surface area contributed by atoms with Crippen LogP contribution in [0.25, 0.3) is 0 Å². The molecule has 2 aromatic rings. The summed E-state index contributed by atoms with van der Waals surface area (Å²) in [5, 5.41) is 2.85. The van der Waals surface area contributed by atoms with E-state index in [4.69, 9.17) is 4.74 Å². The molecule has 0 aliphatic rings. The van der Waals surface area contributed by atoms with Crippen molar-refractivity contribution in [2.24, 2.45) is 0 Å². The molecule has 0 atom stereocenters. The second-order valence-corrected chi connectivity index (χ2v) is 4.93. The van der Waals surface area contributed by atoms with Gasteiger partial charge >= 0.3 is 0 Å². The summed E-state index contributed by atoms with van der Waals surface area (Å²) in [5.74, 6) is 0.819. The molecule has 1 N–H and O–H groups in total. The molecule has 4 heteroatoms. The summed E-state index contributed by atoms with van der Waals surface area (Å²) in [6.45, 7) is 4.94. The standard InChI is InChI=1S/C17H20N2O2/c1-13-5-3-7-16(14(13)2)21-10-8-17(20)19-12-15-6-4-9-18-11-15/h3-7,9,11H,8,10,12H2,1-2H3,(H,19,20). The van der Waals surface area contributed by atoms with E-state index in [1.807, 2.05) is 44.2 Å². The fourth-order valence-corrected chi connectivity index (χ4v) is 1.93. The molecule has 0 bridgehead atoms. The van der Waals surface area contributed by atoms with Crippen molar-refractivity contribution < 1.29 is 9.53 Å². The van der Waals surface area contributed by atoms with Crippen LogP contribution in [-0.2, 0) is 11.3 Å². The molecule has 110 valence electrons. The van der Waals surface area contributed by atoms with Crippen LogP contribution in [0, 0.1) is 13.8 Å². The smallest absolute Gasteiger partial charge is 0.223 e. The Morgan fingerprint density at radius 2 is 2.10 bits per heavy atom. The third kappa shape index (κ3) is 4.60. The van der Waals surface area contributed by atoms with E-state index in [0.717, 1.165) is 16.9 Å². The Hall–Kier alpha value is -2.36. The minimum Gasteiger partial charge on any atom is -0.493 e. The molecule has 0 aliphatic heterocycles. The van der Waals surface area contributed by atoms with E-state index in [-0.39, 0.29) is 5.91 Å². The highest BCUT2D eigenvalue weighted by molar-refractivity contribution is 5.75. The van der Waals surface area contributed by atoms with Gasteiger partial charge in [0.2, 0.25) is 5.91 Å². The van der Waals surface area contributed by atoms with Gasteiger partial charge in [0.1, 0.15) is 5.75 Å². The van der Waals surface area contributed by atoms with E-state index in [0.29, 0.717) is 19.6 Å². The van der Waals surface area contributed by atoms with Gasteiger partial charge in [0.15, 0.2) is 0 Å². The normalized spacial score (nSPS) is 10.2. The average Bonchev–Trinajstić information content (AvgIpc) is 2.50. The number of carbonyl (C=O) groups is 1. The maximum atomic E-state index is 11.7. The lowest BCUT2D eigenvalue weighted by Crippen LogP contribution is -2.24. The van der Waals surface area contributed by atoms with Crippen LogP contribution < -0.4 is 10.1 Å². The van der Waals surface area contributed by atoms with Crippen LogP contribution >= 0.6 is 0 Å². The van der Waals surface area contributed by atoms with Crippen molar-refractivity contribution >= 4 is 5.91 Å². The lowest BCUT2D eigenvalue weighted by molar-refractivity contribution is -0.121. The molecule has 4 nitrogen and oxygen atoms in total. The predicted octanol–water partition coefficient (Wildman–Crippen LogP) is 2.78. The van der Waals surface area contributed by atoms with Gasteiger partial charge in [-0.05, 0) is 42.7 Å².